The van der Waals surface area contributed by atoms with Gasteiger partial charge in [-0.15, -0.1) is 0 Å². The van der Waals surface area contributed by atoms with Crippen LogP contribution in [0.25, 0.3) is 10.8 Å². The van der Waals surface area contributed by atoms with Crippen LogP contribution in [0.4, 0.5) is 15.8 Å². The fraction of sp³-hybridized carbons (Fsp3) is 0.241. The molecule has 0 bridgehead atoms. The van der Waals surface area contributed by atoms with Crippen LogP contribution in [0.15, 0.2) is 82.6 Å². The van der Waals surface area contributed by atoms with E-state index in [-0.39, 0.29) is 34.6 Å². The number of carbonyl (C=O) groups is 1. The molecule has 1 saturated heterocycles. The number of pyridine rings is 1. The van der Waals surface area contributed by atoms with Crippen molar-refractivity contribution in [3.63, 3.8) is 0 Å². The number of aromatic nitrogens is 1. The fourth-order valence-corrected chi connectivity index (χ4v) is 6.76. The normalized spacial score (nSPS) is 15.6. The summed E-state index contributed by atoms with van der Waals surface area (Å²) in [5.74, 6) is 0.197. The average Bonchev–Trinajstić information content (AvgIpc) is 2.99. The topological polar surface area (TPSA) is 110 Å². The number of sulfonamides is 1. The molecule has 0 aliphatic carbocycles. The highest BCUT2D eigenvalue weighted by Crippen LogP contribution is 2.32. The summed E-state index contributed by atoms with van der Waals surface area (Å²) < 4.78 is 55.5. The van der Waals surface area contributed by atoms with Crippen molar-refractivity contribution in [2.45, 2.75) is 11.4 Å². The Morgan fingerprint density at radius 2 is 1.56 bits per heavy atom. The van der Waals surface area contributed by atoms with Gasteiger partial charge in [-0.25, -0.2) is 12.8 Å². The maximum atomic E-state index is 14.3. The number of nitrogens with one attached hydrogen (secondary N) is 1. The molecule has 0 radical (unpaired) electrons. The minimum Gasteiger partial charge on any atom is -0.486 e. The van der Waals surface area contributed by atoms with Crippen LogP contribution in [0, 0.1) is 5.82 Å². The smallest absolute Gasteiger partial charge is 0.258 e. The maximum absolute atomic E-state index is 14.3. The minimum atomic E-state index is -4.06. The van der Waals surface area contributed by atoms with Gasteiger partial charge in [-0.2, -0.15) is 4.31 Å². The molecule has 1 fully saturated rings. The number of nitrogens with zero attached hydrogens (tertiary/aromatic N) is 3. The van der Waals surface area contributed by atoms with Gasteiger partial charge in [0.05, 0.1) is 5.69 Å². The van der Waals surface area contributed by atoms with E-state index in [9.17, 15) is 22.4 Å². The Hall–Kier alpha value is -4.42. The van der Waals surface area contributed by atoms with E-state index in [0.29, 0.717) is 49.2 Å². The second-order valence-electron chi connectivity index (χ2n) is 9.72. The summed E-state index contributed by atoms with van der Waals surface area (Å²) >= 11 is 0. The highest BCUT2D eigenvalue weighted by atomic mass is 32.2. The molecule has 1 amide bonds. The van der Waals surface area contributed by atoms with Gasteiger partial charge in [0.15, 0.2) is 11.5 Å². The van der Waals surface area contributed by atoms with Gasteiger partial charge in [0.2, 0.25) is 15.9 Å². The lowest BCUT2D eigenvalue weighted by molar-refractivity contribution is -0.116. The van der Waals surface area contributed by atoms with E-state index >= 15 is 0 Å². The number of halogens is 1. The van der Waals surface area contributed by atoms with Crippen LogP contribution in [0.1, 0.15) is 0 Å². The van der Waals surface area contributed by atoms with Crippen molar-refractivity contribution < 1.29 is 27.1 Å². The van der Waals surface area contributed by atoms with Crippen molar-refractivity contribution in [1.29, 1.82) is 0 Å². The molecule has 3 aromatic carbocycles. The molecule has 1 aromatic heterocycles. The first kappa shape index (κ1) is 26.8. The fourth-order valence-electron chi connectivity index (χ4n) is 5.12. The first-order chi connectivity index (χ1) is 19.8. The van der Waals surface area contributed by atoms with Gasteiger partial charge in [-0.1, -0.05) is 30.3 Å². The predicted octanol–water partition coefficient (Wildman–Crippen LogP) is 3.06. The quantitative estimate of drug-likeness (QED) is 0.375. The molecule has 0 saturated carbocycles. The van der Waals surface area contributed by atoms with Crippen LogP contribution < -0.4 is 25.2 Å². The molecule has 2 aliphatic rings. The van der Waals surface area contributed by atoms with Gasteiger partial charge in [0.1, 0.15) is 30.5 Å². The van der Waals surface area contributed by atoms with Crippen molar-refractivity contribution in [3.05, 3.63) is 89.1 Å². The Kier molecular flexibility index (Phi) is 7.10. The number of piperazine rings is 1. The van der Waals surface area contributed by atoms with Crippen LogP contribution in [0.3, 0.4) is 0 Å². The zero-order valence-corrected chi connectivity index (χ0v) is 22.8. The lowest BCUT2D eigenvalue weighted by atomic mass is 10.2. The molecule has 0 atom stereocenters. The van der Waals surface area contributed by atoms with E-state index in [1.165, 1.54) is 16.6 Å². The lowest BCUT2D eigenvalue weighted by Crippen LogP contribution is -2.49. The number of benzene rings is 3. The number of anilines is 2. The number of ether oxygens (including phenoxy) is 2. The predicted molar refractivity (Wildman–Crippen MR) is 152 cm³/mol. The van der Waals surface area contributed by atoms with Gasteiger partial charge in [0, 0.05) is 54.9 Å². The largest absolute Gasteiger partial charge is 0.486 e. The van der Waals surface area contributed by atoms with Crippen LogP contribution >= 0.6 is 0 Å². The van der Waals surface area contributed by atoms with Gasteiger partial charge >= 0.3 is 0 Å². The van der Waals surface area contributed by atoms with Crippen molar-refractivity contribution in [1.82, 2.24) is 8.87 Å². The van der Waals surface area contributed by atoms with Crippen molar-refractivity contribution >= 4 is 38.1 Å². The van der Waals surface area contributed by atoms with Crippen LogP contribution in [0.2, 0.25) is 0 Å². The Labute approximate surface area is 235 Å². The zero-order valence-electron chi connectivity index (χ0n) is 22.0. The Balaban J connectivity index is 1.26. The van der Waals surface area contributed by atoms with E-state index in [2.05, 4.69) is 5.32 Å². The minimum absolute atomic E-state index is 0.0702. The van der Waals surface area contributed by atoms with E-state index in [0.717, 1.165) is 4.57 Å². The summed E-state index contributed by atoms with van der Waals surface area (Å²) in [6, 6.07) is 17.8. The number of amides is 1. The number of hydrogen-bond acceptors (Lipinski definition) is 7. The second kappa shape index (κ2) is 10.9. The van der Waals surface area contributed by atoms with Gasteiger partial charge in [-0.05, 0) is 30.3 Å². The molecule has 4 aromatic rings. The molecule has 2 aliphatic heterocycles. The number of fused-ring (bicyclic) bond motifs is 2. The molecule has 3 heterocycles. The van der Waals surface area contributed by atoms with Gasteiger partial charge in [-0.3, -0.25) is 9.59 Å². The molecule has 10 nitrogen and oxygen atoms in total. The maximum Gasteiger partial charge on any atom is 0.258 e. The molecule has 41 heavy (non-hydrogen) atoms. The highest BCUT2D eigenvalue weighted by molar-refractivity contribution is 7.89. The molecule has 0 unspecified atom stereocenters. The molecule has 0 spiro atoms. The summed E-state index contributed by atoms with van der Waals surface area (Å²) in [6.07, 6.45) is 1.23. The van der Waals surface area contributed by atoms with Crippen LogP contribution in [0.5, 0.6) is 11.5 Å². The van der Waals surface area contributed by atoms with E-state index in [4.69, 9.17) is 9.47 Å². The number of hydrogen-bond donors (Lipinski definition) is 1. The Morgan fingerprint density at radius 3 is 2.32 bits per heavy atom. The summed E-state index contributed by atoms with van der Waals surface area (Å²) in [7, 11) is -4.06. The van der Waals surface area contributed by atoms with E-state index in [1.807, 2.05) is 4.90 Å². The lowest BCUT2D eigenvalue weighted by Gasteiger charge is -2.35. The second-order valence-corrected chi connectivity index (χ2v) is 11.6. The SMILES string of the molecule is O=C(Cn1cc(S(=O)(=O)N2CCN(c3ccccc3F)CC2)c2ccccc2c1=O)Nc1ccc2c(c1)OCCO2. The Morgan fingerprint density at radius 1 is 0.878 bits per heavy atom. The molecular formula is C29H27FN4O6S. The van der Waals surface area contributed by atoms with Crippen molar-refractivity contribution in [2.75, 3.05) is 49.6 Å². The molecule has 12 heteroatoms. The number of para-hydroxylation sites is 1. The monoisotopic (exact) mass is 578 g/mol. The number of rotatable bonds is 6. The molecule has 6 rings (SSSR count). The first-order valence-corrected chi connectivity index (χ1v) is 14.6. The molecule has 212 valence electrons. The third-order valence-electron chi connectivity index (χ3n) is 7.15. The van der Waals surface area contributed by atoms with Crippen LogP contribution in [-0.2, 0) is 21.4 Å². The zero-order chi connectivity index (χ0) is 28.6. The van der Waals surface area contributed by atoms with E-state index in [1.54, 1.807) is 60.7 Å². The van der Waals surface area contributed by atoms with Gasteiger partial charge in [0.25, 0.3) is 5.56 Å². The molecular weight excluding hydrogens is 551 g/mol. The summed E-state index contributed by atoms with van der Waals surface area (Å²) in [4.78, 5) is 28.0. The van der Waals surface area contributed by atoms with Crippen molar-refractivity contribution in [2.24, 2.45) is 0 Å². The average molecular weight is 579 g/mol. The summed E-state index contributed by atoms with van der Waals surface area (Å²) in [6.45, 7) is 1.30. The van der Waals surface area contributed by atoms with E-state index < -0.39 is 28.0 Å². The first-order valence-electron chi connectivity index (χ1n) is 13.1. The third kappa shape index (κ3) is 5.23. The Bertz CT molecular complexity index is 1800. The summed E-state index contributed by atoms with van der Waals surface area (Å²) in [5, 5.41) is 3.19. The van der Waals surface area contributed by atoms with Crippen LogP contribution in [-0.4, -0.2) is 62.6 Å². The van der Waals surface area contributed by atoms with Gasteiger partial charge < -0.3 is 24.3 Å². The summed E-state index contributed by atoms with van der Waals surface area (Å²) in [5.41, 5.74) is 0.391. The highest BCUT2D eigenvalue weighted by Gasteiger charge is 2.31. The van der Waals surface area contributed by atoms with Crippen molar-refractivity contribution in [3.8, 4) is 11.5 Å². The standard InChI is InChI=1S/C29H27FN4O6S/c30-23-7-3-4-8-24(23)32-11-13-34(14-12-32)41(37,38)27-18-33(29(36)22-6-2-1-5-21(22)27)19-28(35)31-20-9-10-25-26(17-20)40-16-15-39-25/h1-10,17-18H,11-16,19H2,(H,31,35). The third-order valence-corrected chi connectivity index (χ3v) is 9.07. The number of carbonyl (C=O) groups excluding carboxylic acids is 1. The molecule has 1 N–H and O–H groups in total.